The number of carbonyl (C=O) groups excluding carboxylic acids is 3. The predicted molar refractivity (Wildman–Crippen MR) is 106 cm³/mol. The summed E-state index contributed by atoms with van der Waals surface area (Å²) in [6.07, 6.45) is 2.74. The van der Waals surface area contributed by atoms with Crippen molar-refractivity contribution in [3.63, 3.8) is 0 Å². The molecule has 0 aromatic rings. The van der Waals surface area contributed by atoms with Crippen LogP contribution in [0.4, 0.5) is 0 Å². The van der Waals surface area contributed by atoms with Gasteiger partial charge in [0.25, 0.3) is 0 Å². The number of carboxylic acids is 1. The molecule has 0 bridgehead atoms. The number of carbonyl (C=O) groups is 4. The highest BCUT2D eigenvalue weighted by atomic mass is 32.2. The van der Waals surface area contributed by atoms with Crippen molar-refractivity contribution in [2.45, 2.75) is 31.3 Å². The van der Waals surface area contributed by atoms with Crippen LogP contribution in [0.5, 0.6) is 0 Å². The van der Waals surface area contributed by atoms with E-state index in [2.05, 4.69) is 20.9 Å². The first kappa shape index (κ1) is 25.5. The van der Waals surface area contributed by atoms with Gasteiger partial charge in [0.05, 0.1) is 6.54 Å². The molecule has 0 saturated heterocycles. The zero-order chi connectivity index (χ0) is 21.5. The fourth-order valence-corrected chi connectivity index (χ4v) is 2.56. The Bertz CT molecular complexity index is 569. The van der Waals surface area contributed by atoms with E-state index >= 15 is 0 Å². The normalized spacial score (nSPS) is 12.4. The molecule has 0 aliphatic carbocycles. The largest absolute Gasteiger partial charge is 0.480 e. The molecule has 0 heterocycles. The average molecular weight is 420 g/mol. The van der Waals surface area contributed by atoms with E-state index in [1.54, 1.807) is 0 Å². The molecule has 2 unspecified atom stereocenters. The third-order valence-electron chi connectivity index (χ3n) is 3.44. The number of hydrogen-bond donors (Lipinski definition) is 7. The van der Waals surface area contributed by atoms with Crippen LogP contribution in [0.15, 0.2) is 4.99 Å². The SMILES string of the molecule is CSCCC(NC(=O)CN)C(=O)NC(CCCN=C(N)N)C(=O)NCC(=O)O. The lowest BCUT2D eigenvalue weighted by Crippen LogP contribution is -2.55. The number of carboxylic acid groups (broad SMARTS) is 1. The Morgan fingerprint density at radius 1 is 1.07 bits per heavy atom. The summed E-state index contributed by atoms with van der Waals surface area (Å²) in [5, 5.41) is 16.0. The van der Waals surface area contributed by atoms with Crippen molar-refractivity contribution >= 4 is 41.4 Å². The molecule has 12 nitrogen and oxygen atoms in total. The van der Waals surface area contributed by atoms with Gasteiger partial charge < -0.3 is 38.3 Å². The van der Waals surface area contributed by atoms with E-state index < -0.39 is 42.3 Å². The van der Waals surface area contributed by atoms with Crippen LogP contribution in [0.25, 0.3) is 0 Å². The molecule has 0 aliphatic heterocycles. The molecule has 0 aromatic heterocycles. The van der Waals surface area contributed by atoms with E-state index in [4.69, 9.17) is 22.3 Å². The summed E-state index contributed by atoms with van der Waals surface area (Å²) in [6, 6.07) is -1.87. The van der Waals surface area contributed by atoms with Gasteiger partial charge in [-0.1, -0.05) is 0 Å². The molecule has 0 radical (unpaired) electrons. The number of hydrogen-bond acceptors (Lipinski definition) is 7. The summed E-state index contributed by atoms with van der Waals surface area (Å²) >= 11 is 1.49. The van der Waals surface area contributed by atoms with Gasteiger partial charge in [0.2, 0.25) is 17.7 Å². The topological polar surface area (TPSA) is 215 Å². The zero-order valence-corrected chi connectivity index (χ0v) is 16.6. The summed E-state index contributed by atoms with van der Waals surface area (Å²) < 4.78 is 0. The molecule has 0 fully saturated rings. The Hall–Kier alpha value is -2.54. The number of thioether (sulfide) groups is 1. The lowest BCUT2D eigenvalue weighted by atomic mass is 10.1. The third kappa shape index (κ3) is 12.0. The molecule has 0 saturated carbocycles. The molecule has 28 heavy (non-hydrogen) atoms. The van der Waals surface area contributed by atoms with E-state index in [1.165, 1.54) is 11.8 Å². The van der Waals surface area contributed by atoms with Crippen LogP contribution in [-0.2, 0) is 19.2 Å². The second-order valence-electron chi connectivity index (χ2n) is 5.73. The van der Waals surface area contributed by atoms with Gasteiger partial charge in [0.15, 0.2) is 5.96 Å². The molecule has 160 valence electrons. The Balaban J connectivity index is 5.06. The van der Waals surface area contributed by atoms with Crippen LogP contribution < -0.4 is 33.2 Å². The number of rotatable bonds is 14. The van der Waals surface area contributed by atoms with Gasteiger partial charge in [0, 0.05) is 6.54 Å². The first-order valence-electron chi connectivity index (χ1n) is 8.54. The molecule has 3 amide bonds. The Kier molecular flexibility index (Phi) is 13.2. The van der Waals surface area contributed by atoms with Crippen molar-refractivity contribution in [3.05, 3.63) is 0 Å². The summed E-state index contributed by atoms with van der Waals surface area (Å²) in [5.41, 5.74) is 15.7. The zero-order valence-electron chi connectivity index (χ0n) is 15.8. The summed E-state index contributed by atoms with van der Waals surface area (Å²) in [7, 11) is 0. The molecular weight excluding hydrogens is 390 g/mol. The standard InChI is InChI=1S/C15H29N7O5S/c1-28-6-4-10(21-11(23)7-16)14(27)22-9(3-2-5-19-15(17)18)13(26)20-8-12(24)25/h9-10H,2-8,16H2,1H3,(H,20,26)(H,21,23)(H,22,27)(H,24,25)(H4,17,18,19). The fourth-order valence-electron chi connectivity index (χ4n) is 2.09. The third-order valence-corrected chi connectivity index (χ3v) is 4.08. The van der Waals surface area contributed by atoms with Gasteiger partial charge in [0.1, 0.15) is 18.6 Å². The van der Waals surface area contributed by atoms with Crippen LogP contribution in [0.1, 0.15) is 19.3 Å². The monoisotopic (exact) mass is 419 g/mol. The quantitative estimate of drug-likeness (QED) is 0.0861. The number of nitrogens with two attached hydrogens (primary N) is 3. The van der Waals surface area contributed by atoms with Gasteiger partial charge in [-0.3, -0.25) is 24.2 Å². The van der Waals surface area contributed by atoms with E-state index in [0.717, 1.165) is 0 Å². The van der Waals surface area contributed by atoms with Gasteiger partial charge in [-0.25, -0.2) is 0 Å². The van der Waals surface area contributed by atoms with Crippen LogP contribution in [0, 0.1) is 0 Å². The molecule has 0 rings (SSSR count). The molecule has 0 aromatic carbocycles. The maximum Gasteiger partial charge on any atom is 0.322 e. The van der Waals surface area contributed by atoms with Crippen LogP contribution in [-0.4, -0.2) is 78.5 Å². The lowest BCUT2D eigenvalue weighted by molar-refractivity contribution is -0.138. The van der Waals surface area contributed by atoms with E-state index in [1.807, 2.05) is 6.26 Å². The minimum absolute atomic E-state index is 0.0995. The number of amides is 3. The highest BCUT2D eigenvalue weighted by Gasteiger charge is 2.26. The van der Waals surface area contributed by atoms with Crippen LogP contribution in [0.3, 0.4) is 0 Å². The highest BCUT2D eigenvalue weighted by Crippen LogP contribution is 2.04. The van der Waals surface area contributed by atoms with Crippen molar-refractivity contribution < 1.29 is 24.3 Å². The minimum atomic E-state index is -1.22. The number of nitrogens with one attached hydrogen (secondary N) is 3. The van der Waals surface area contributed by atoms with Crippen molar-refractivity contribution in [1.82, 2.24) is 16.0 Å². The molecule has 13 heteroatoms. The smallest absolute Gasteiger partial charge is 0.322 e. The predicted octanol–water partition coefficient (Wildman–Crippen LogP) is -3.08. The van der Waals surface area contributed by atoms with Crippen molar-refractivity contribution in [2.75, 3.05) is 31.6 Å². The molecule has 10 N–H and O–H groups in total. The average Bonchev–Trinajstić information content (AvgIpc) is 2.64. The second kappa shape index (κ2) is 14.5. The number of aliphatic imine (C=N–C) groups is 1. The van der Waals surface area contributed by atoms with Crippen LogP contribution >= 0.6 is 11.8 Å². The highest BCUT2D eigenvalue weighted by molar-refractivity contribution is 7.98. The molecule has 0 spiro atoms. The van der Waals surface area contributed by atoms with Gasteiger partial charge in [-0.15, -0.1) is 0 Å². The van der Waals surface area contributed by atoms with Crippen molar-refractivity contribution in [3.8, 4) is 0 Å². The lowest BCUT2D eigenvalue weighted by Gasteiger charge is -2.22. The molecular formula is C15H29N7O5S. The van der Waals surface area contributed by atoms with E-state index in [-0.39, 0.29) is 25.5 Å². The summed E-state index contributed by atoms with van der Waals surface area (Å²) in [6.45, 7) is -0.621. The number of nitrogens with zero attached hydrogens (tertiary/aromatic N) is 1. The first-order valence-corrected chi connectivity index (χ1v) is 9.94. The Morgan fingerprint density at radius 2 is 1.71 bits per heavy atom. The Morgan fingerprint density at radius 3 is 2.25 bits per heavy atom. The first-order chi connectivity index (χ1) is 13.2. The van der Waals surface area contributed by atoms with Gasteiger partial charge >= 0.3 is 5.97 Å². The molecule has 2 atom stereocenters. The van der Waals surface area contributed by atoms with E-state index in [0.29, 0.717) is 18.6 Å². The number of guanidine groups is 1. The van der Waals surface area contributed by atoms with E-state index in [9.17, 15) is 19.2 Å². The Labute approximate surface area is 167 Å². The fraction of sp³-hybridized carbons (Fsp3) is 0.667. The van der Waals surface area contributed by atoms with Crippen LogP contribution in [0.2, 0.25) is 0 Å². The summed E-state index contributed by atoms with van der Waals surface area (Å²) in [4.78, 5) is 50.8. The van der Waals surface area contributed by atoms with Gasteiger partial charge in [-0.05, 0) is 31.3 Å². The summed E-state index contributed by atoms with van der Waals surface area (Å²) in [5.74, 6) is -2.43. The van der Waals surface area contributed by atoms with Gasteiger partial charge in [-0.2, -0.15) is 11.8 Å². The van der Waals surface area contributed by atoms with Crippen molar-refractivity contribution in [2.24, 2.45) is 22.2 Å². The minimum Gasteiger partial charge on any atom is -0.480 e. The maximum absolute atomic E-state index is 12.6. The van der Waals surface area contributed by atoms with Crippen molar-refractivity contribution in [1.29, 1.82) is 0 Å². The number of aliphatic carboxylic acids is 1. The second-order valence-corrected chi connectivity index (χ2v) is 6.71. The molecule has 0 aliphatic rings. The maximum atomic E-state index is 12.6.